The SMILES string of the molecule is COc1ccc(/C=C/C(=O)c2cc(OC)c(OC)c(OC)c2)cc1OCCN1CCN(CCOc2cc(-c3nc4ccccc4s3)ccc2OC)CC1. The molecule has 0 amide bonds. The standard InChI is InChI=1S/C41H45N3O8S/c1-46-33-14-11-28(10-13-32(45)30-26-37(48-3)40(50-5)38(27-30)49-4)24-35(33)51-22-20-43-16-18-44(19-17-43)21-23-52-36-25-29(12-15-34(36)47-2)41-42-31-8-6-7-9-39(31)53-41/h6-15,24-27H,16-23H2,1-5H3/b13-10+. The third kappa shape index (κ3) is 9.20. The Kier molecular flexibility index (Phi) is 12.7. The molecule has 1 saturated heterocycles. The fraction of sp³-hybridized carbons (Fsp3) is 0.317. The van der Waals surface area contributed by atoms with Crippen LogP contribution in [-0.4, -0.2) is 109 Å². The fourth-order valence-electron chi connectivity index (χ4n) is 6.13. The van der Waals surface area contributed by atoms with Gasteiger partial charge >= 0.3 is 0 Å². The Bertz CT molecular complexity index is 1980. The second kappa shape index (κ2) is 18.0. The predicted octanol–water partition coefficient (Wildman–Crippen LogP) is 6.98. The van der Waals surface area contributed by atoms with E-state index in [0.29, 0.717) is 53.3 Å². The van der Waals surface area contributed by atoms with E-state index in [4.69, 9.17) is 38.1 Å². The number of allylic oxidation sites excluding steroid dienone is 1. The van der Waals surface area contributed by atoms with Gasteiger partial charge in [0.05, 0.1) is 45.8 Å². The van der Waals surface area contributed by atoms with Crippen LogP contribution in [0.15, 0.2) is 78.9 Å². The maximum Gasteiger partial charge on any atom is 0.203 e. The molecule has 6 rings (SSSR count). The number of para-hydroxylation sites is 1. The van der Waals surface area contributed by atoms with Gasteiger partial charge in [0.15, 0.2) is 40.3 Å². The summed E-state index contributed by atoms with van der Waals surface area (Å²) in [5, 5.41) is 0.961. The number of piperazine rings is 1. The van der Waals surface area contributed by atoms with Crippen LogP contribution in [0.4, 0.5) is 0 Å². The van der Waals surface area contributed by atoms with Gasteiger partial charge in [-0.15, -0.1) is 11.3 Å². The van der Waals surface area contributed by atoms with Crippen molar-refractivity contribution >= 4 is 33.4 Å². The molecule has 1 aromatic heterocycles. The fourth-order valence-corrected chi connectivity index (χ4v) is 7.09. The van der Waals surface area contributed by atoms with E-state index in [1.807, 2.05) is 54.6 Å². The molecule has 11 nitrogen and oxygen atoms in total. The second-order valence-corrected chi connectivity index (χ2v) is 13.3. The first-order valence-electron chi connectivity index (χ1n) is 17.4. The predicted molar refractivity (Wildman–Crippen MR) is 208 cm³/mol. The zero-order chi connectivity index (χ0) is 37.2. The Morgan fingerprint density at radius 2 is 1.26 bits per heavy atom. The molecule has 0 saturated carbocycles. The van der Waals surface area contributed by atoms with E-state index in [-0.39, 0.29) is 5.78 Å². The summed E-state index contributed by atoms with van der Waals surface area (Å²) < 4.78 is 40.9. The Morgan fingerprint density at radius 1 is 0.679 bits per heavy atom. The zero-order valence-electron chi connectivity index (χ0n) is 30.8. The van der Waals surface area contributed by atoms with Crippen LogP contribution in [0.3, 0.4) is 0 Å². The van der Waals surface area contributed by atoms with Crippen LogP contribution in [0, 0.1) is 0 Å². The number of thiazole rings is 1. The van der Waals surface area contributed by atoms with Gasteiger partial charge < -0.3 is 33.2 Å². The van der Waals surface area contributed by atoms with Crippen LogP contribution in [-0.2, 0) is 0 Å². The number of nitrogens with zero attached hydrogens (tertiary/aromatic N) is 3. The Hall–Kier alpha value is -5.30. The highest BCUT2D eigenvalue weighted by Crippen LogP contribution is 2.39. The van der Waals surface area contributed by atoms with E-state index >= 15 is 0 Å². The molecular weight excluding hydrogens is 695 g/mol. The molecule has 4 aromatic carbocycles. The van der Waals surface area contributed by atoms with Gasteiger partial charge in [-0.1, -0.05) is 24.3 Å². The average Bonchev–Trinajstić information content (AvgIpc) is 3.64. The number of carbonyl (C=O) groups excluding carboxylic acids is 1. The Balaban J connectivity index is 0.968. The normalized spacial score (nSPS) is 13.6. The average molecular weight is 740 g/mol. The van der Waals surface area contributed by atoms with Gasteiger partial charge in [0.1, 0.15) is 18.2 Å². The highest BCUT2D eigenvalue weighted by Gasteiger charge is 2.19. The van der Waals surface area contributed by atoms with Gasteiger partial charge in [-0.3, -0.25) is 14.6 Å². The molecule has 0 bridgehead atoms. The Morgan fingerprint density at radius 3 is 1.85 bits per heavy atom. The van der Waals surface area contributed by atoms with Gasteiger partial charge in [0.2, 0.25) is 5.75 Å². The molecule has 53 heavy (non-hydrogen) atoms. The molecule has 0 atom stereocenters. The lowest BCUT2D eigenvalue weighted by molar-refractivity contribution is 0.104. The summed E-state index contributed by atoms with van der Waals surface area (Å²) >= 11 is 1.67. The first kappa shape index (κ1) is 37.5. The molecule has 0 unspecified atom stereocenters. The number of carbonyl (C=O) groups is 1. The van der Waals surface area contributed by atoms with Crippen molar-refractivity contribution < 1.29 is 38.0 Å². The van der Waals surface area contributed by atoms with E-state index in [0.717, 1.165) is 71.4 Å². The van der Waals surface area contributed by atoms with E-state index in [1.54, 1.807) is 43.8 Å². The lowest BCUT2D eigenvalue weighted by Crippen LogP contribution is -2.48. The number of fused-ring (bicyclic) bond motifs is 1. The lowest BCUT2D eigenvalue weighted by atomic mass is 10.1. The molecule has 0 aliphatic carbocycles. The summed E-state index contributed by atoms with van der Waals surface area (Å²) in [5.74, 6) is 3.74. The number of aromatic nitrogens is 1. The van der Waals surface area contributed by atoms with Crippen molar-refractivity contribution in [2.45, 2.75) is 0 Å². The molecule has 12 heteroatoms. The molecular formula is C41H45N3O8S. The quantitative estimate of drug-likeness (QED) is 0.0730. The van der Waals surface area contributed by atoms with E-state index in [9.17, 15) is 4.79 Å². The maximum atomic E-state index is 13.1. The topological polar surface area (TPSA) is 101 Å². The number of ether oxygens (including phenoxy) is 7. The van der Waals surface area contributed by atoms with Gasteiger partial charge in [-0.2, -0.15) is 0 Å². The van der Waals surface area contributed by atoms with Gasteiger partial charge in [0, 0.05) is 50.4 Å². The summed E-state index contributed by atoms with van der Waals surface area (Å²) in [5.41, 5.74) is 3.23. The molecule has 0 radical (unpaired) electrons. The van der Waals surface area contributed by atoms with Gasteiger partial charge in [-0.25, -0.2) is 4.98 Å². The smallest absolute Gasteiger partial charge is 0.203 e. The van der Waals surface area contributed by atoms with Crippen LogP contribution in [0.5, 0.6) is 40.2 Å². The van der Waals surface area contributed by atoms with Crippen molar-refractivity contribution in [3.05, 3.63) is 90.0 Å². The van der Waals surface area contributed by atoms with Gasteiger partial charge in [0.25, 0.3) is 0 Å². The molecule has 5 aromatic rings. The van der Waals surface area contributed by atoms with Gasteiger partial charge in [-0.05, 0) is 66.2 Å². The first-order valence-corrected chi connectivity index (χ1v) is 18.2. The van der Waals surface area contributed by atoms with E-state index < -0.39 is 0 Å². The van der Waals surface area contributed by atoms with Crippen LogP contribution < -0.4 is 33.2 Å². The first-order chi connectivity index (χ1) is 25.9. The van der Waals surface area contributed by atoms with E-state index in [2.05, 4.69) is 15.9 Å². The zero-order valence-corrected chi connectivity index (χ0v) is 31.6. The van der Waals surface area contributed by atoms with Crippen molar-refractivity contribution in [1.29, 1.82) is 0 Å². The van der Waals surface area contributed by atoms with Crippen molar-refractivity contribution in [1.82, 2.24) is 14.8 Å². The molecule has 0 spiro atoms. The summed E-state index contributed by atoms with van der Waals surface area (Å²) in [6, 6.07) is 23.0. The minimum absolute atomic E-state index is 0.206. The lowest BCUT2D eigenvalue weighted by Gasteiger charge is -2.34. The molecule has 1 aliphatic rings. The van der Waals surface area contributed by atoms with Crippen LogP contribution in [0.25, 0.3) is 26.9 Å². The Labute approximate surface area is 314 Å². The highest BCUT2D eigenvalue weighted by molar-refractivity contribution is 7.21. The van der Waals surface area contributed by atoms with Crippen LogP contribution >= 0.6 is 11.3 Å². The number of rotatable bonds is 17. The van der Waals surface area contributed by atoms with Crippen LogP contribution in [0.1, 0.15) is 15.9 Å². The largest absolute Gasteiger partial charge is 0.493 e. The summed E-state index contributed by atoms with van der Waals surface area (Å²) in [6.45, 7) is 6.40. The minimum Gasteiger partial charge on any atom is -0.493 e. The van der Waals surface area contributed by atoms with Crippen molar-refractivity contribution in [3.8, 4) is 50.8 Å². The number of benzene rings is 4. The van der Waals surface area contributed by atoms with Crippen LogP contribution in [0.2, 0.25) is 0 Å². The molecule has 0 N–H and O–H groups in total. The number of hydrogen-bond acceptors (Lipinski definition) is 12. The van der Waals surface area contributed by atoms with E-state index in [1.165, 1.54) is 27.4 Å². The summed E-state index contributed by atoms with van der Waals surface area (Å²) in [6.07, 6.45) is 3.25. The number of methoxy groups -OCH3 is 5. The van der Waals surface area contributed by atoms with Crippen molar-refractivity contribution in [2.75, 3.05) is 88.0 Å². The minimum atomic E-state index is -0.206. The van der Waals surface area contributed by atoms with Crippen molar-refractivity contribution in [3.63, 3.8) is 0 Å². The monoisotopic (exact) mass is 739 g/mol. The third-order valence-corrected chi connectivity index (χ3v) is 10.1. The number of hydrogen-bond donors (Lipinski definition) is 0. The highest BCUT2D eigenvalue weighted by atomic mass is 32.1. The molecule has 1 fully saturated rings. The molecule has 278 valence electrons. The molecule has 2 heterocycles. The summed E-state index contributed by atoms with van der Waals surface area (Å²) in [4.78, 5) is 22.7. The molecule has 1 aliphatic heterocycles. The second-order valence-electron chi connectivity index (χ2n) is 12.3. The summed E-state index contributed by atoms with van der Waals surface area (Å²) in [7, 11) is 7.83. The number of ketones is 1. The van der Waals surface area contributed by atoms with Crippen molar-refractivity contribution in [2.24, 2.45) is 0 Å². The third-order valence-electron chi connectivity index (χ3n) is 9.06. The maximum absolute atomic E-state index is 13.1.